The van der Waals surface area contributed by atoms with Crippen LogP contribution in [0.25, 0.3) is 0 Å². The second kappa shape index (κ2) is 5.75. The van der Waals surface area contributed by atoms with E-state index in [2.05, 4.69) is 34.6 Å². The second-order valence-electron chi connectivity index (χ2n) is 4.63. The molecule has 1 atom stereocenters. The van der Waals surface area contributed by atoms with E-state index in [-0.39, 0.29) is 0 Å². The minimum atomic E-state index is 0.671. The van der Waals surface area contributed by atoms with Crippen molar-refractivity contribution in [1.82, 2.24) is 15.2 Å². The van der Waals surface area contributed by atoms with Crippen molar-refractivity contribution < 1.29 is 0 Å². The molecule has 2 rings (SSSR count). The van der Waals surface area contributed by atoms with E-state index >= 15 is 0 Å². The van der Waals surface area contributed by atoms with E-state index in [1.165, 1.54) is 36.5 Å². The van der Waals surface area contributed by atoms with Crippen molar-refractivity contribution >= 4 is 11.3 Å². The fourth-order valence-electron chi connectivity index (χ4n) is 2.24. The number of likely N-dealkylation sites (N-methyl/N-ethyl adjacent to an activating group) is 1. The highest BCUT2D eigenvalue weighted by Crippen LogP contribution is 2.14. The fraction of sp³-hybridized carbons (Fsp3) is 0.750. The first kappa shape index (κ1) is 12.0. The van der Waals surface area contributed by atoms with E-state index in [0.29, 0.717) is 6.04 Å². The summed E-state index contributed by atoms with van der Waals surface area (Å²) in [6, 6.07) is 0.671. The summed E-state index contributed by atoms with van der Waals surface area (Å²) in [6.07, 6.45) is 3.98. The van der Waals surface area contributed by atoms with Gasteiger partial charge >= 0.3 is 0 Å². The van der Waals surface area contributed by atoms with Gasteiger partial charge in [0.05, 0.1) is 10.7 Å². The van der Waals surface area contributed by atoms with Crippen LogP contribution in [0.3, 0.4) is 0 Å². The van der Waals surface area contributed by atoms with Crippen LogP contribution in [0.1, 0.15) is 30.0 Å². The van der Waals surface area contributed by atoms with Crippen LogP contribution in [0.5, 0.6) is 0 Å². The predicted molar refractivity (Wildman–Crippen MR) is 68.8 cm³/mol. The molecule has 16 heavy (non-hydrogen) atoms. The molecular formula is C12H21N3S. The zero-order valence-electron chi connectivity index (χ0n) is 10.2. The van der Waals surface area contributed by atoms with E-state index in [0.717, 1.165) is 13.1 Å². The van der Waals surface area contributed by atoms with Crippen molar-refractivity contribution in [2.75, 3.05) is 20.1 Å². The third-order valence-electron chi connectivity index (χ3n) is 3.22. The minimum absolute atomic E-state index is 0.671. The van der Waals surface area contributed by atoms with E-state index in [4.69, 9.17) is 0 Å². The van der Waals surface area contributed by atoms with Gasteiger partial charge in [0.15, 0.2) is 0 Å². The van der Waals surface area contributed by atoms with E-state index in [1.54, 1.807) is 11.3 Å². The second-order valence-corrected chi connectivity index (χ2v) is 5.69. The van der Waals surface area contributed by atoms with Crippen molar-refractivity contribution in [2.24, 2.45) is 0 Å². The summed E-state index contributed by atoms with van der Waals surface area (Å²) < 4.78 is 0. The Morgan fingerprint density at radius 1 is 1.56 bits per heavy atom. The molecule has 0 aromatic carbocycles. The summed E-state index contributed by atoms with van der Waals surface area (Å²) in [7, 11) is 2.21. The first-order chi connectivity index (χ1) is 7.75. The van der Waals surface area contributed by atoms with Gasteiger partial charge in [-0.3, -0.25) is 4.90 Å². The van der Waals surface area contributed by atoms with Crippen LogP contribution in [-0.4, -0.2) is 36.1 Å². The van der Waals surface area contributed by atoms with E-state index < -0.39 is 0 Å². The highest BCUT2D eigenvalue weighted by molar-refractivity contribution is 7.09. The molecule has 0 aliphatic carbocycles. The maximum absolute atomic E-state index is 4.53. The Morgan fingerprint density at radius 3 is 3.19 bits per heavy atom. The Balaban J connectivity index is 1.88. The van der Waals surface area contributed by atoms with E-state index in [9.17, 15) is 0 Å². The van der Waals surface area contributed by atoms with Crippen LogP contribution < -0.4 is 5.32 Å². The number of aromatic nitrogens is 1. The third kappa shape index (κ3) is 3.27. The Morgan fingerprint density at radius 2 is 2.44 bits per heavy atom. The molecule has 0 amide bonds. The topological polar surface area (TPSA) is 28.2 Å². The van der Waals surface area contributed by atoms with Gasteiger partial charge in [-0.1, -0.05) is 6.42 Å². The SMILES string of the molecule is Cc1nc(CN(C)C2CCCCNC2)cs1. The molecule has 0 spiro atoms. The van der Waals surface area contributed by atoms with Gasteiger partial charge in [0.2, 0.25) is 0 Å². The highest BCUT2D eigenvalue weighted by atomic mass is 32.1. The number of rotatable bonds is 3. The number of thiazole rings is 1. The van der Waals surface area contributed by atoms with Crippen molar-refractivity contribution in [3.8, 4) is 0 Å². The Labute approximate surface area is 102 Å². The molecule has 1 aromatic rings. The van der Waals surface area contributed by atoms with Crippen molar-refractivity contribution in [3.63, 3.8) is 0 Å². The summed E-state index contributed by atoms with van der Waals surface area (Å²) >= 11 is 1.74. The molecule has 1 aromatic heterocycles. The molecule has 0 radical (unpaired) electrons. The first-order valence-corrected chi connectivity index (χ1v) is 6.95. The van der Waals surface area contributed by atoms with Gasteiger partial charge in [-0.25, -0.2) is 4.98 Å². The lowest BCUT2D eigenvalue weighted by Gasteiger charge is -2.26. The fourth-order valence-corrected chi connectivity index (χ4v) is 2.85. The van der Waals surface area contributed by atoms with Crippen LogP contribution >= 0.6 is 11.3 Å². The maximum atomic E-state index is 4.53. The zero-order chi connectivity index (χ0) is 11.4. The lowest BCUT2D eigenvalue weighted by molar-refractivity contribution is 0.220. The van der Waals surface area contributed by atoms with Gasteiger partial charge in [-0.05, 0) is 33.4 Å². The lowest BCUT2D eigenvalue weighted by Crippen LogP contribution is -2.38. The number of nitrogens with one attached hydrogen (secondary N) is 1. The van der Waals surface area contributed by atoms with Gasteiger partial charge in [-0.15, -0.1) is 11.3 Å². The molecule has 1 N–H and O–H groups in total. The molecule has 0 bridgehead atoms. The average Bonchev–Trinajstić information content (AvgIpc) is 2.56. The Bertz CT molecular complexity index is 316. The van der Waals surface area contributed by atoms with Crippen molar-refractivity contribution in [1.29, 1.82) is 0 Å². The van der Waals surface area contributed by atoms with Crippen LogP contribution in [0.15, 0.2) is 5.38 Å². The Hall–Kier alpha value is -0.450. The molecule has 1 fully saturated rings. The third-order valence-corrected chi connectivity index (χ3v) is 4.04. The standard InChI is InChI=1S/C12H21N3S/c1-10-14-11(9-16-10)8-15(2)12-5-3-4-6-13-7-12/h9,12-13H,3-8H2,1-2H3. The molecule has 4 heteroatoms. The smallest absolute Gasteiger partial charge is 0.0897 e. The predicted octanol–water partition coefficient (Wildman–Crippen LogP) is 2.03. The largest absolute Gasteiger partial charge is 0.315 e. The summed E-state index contributed by atoms with van der Waals surface area (Å²) in [5, 5.41) is 6.86. The number of nitrogens with zero attached hydrogens (tertiary/aromatic N) is 2. The van der Waals surface area contributed by atoms with Gasteiger partial charge in [0, 0.05) is 24.5 Å². The molecule has 90 valence electrons. The quantitative estimate of drug-likeness (QED) is 0.875. The highest BCUT2D eigenvalue weighted by Gasteiger charge is 2.17. The average molecular weight is 239 g/mol. The molecule has 1 aliphatic heterocycles. The van der Waals surface area contributed by atoms with Gasteiger partial charge in [-0.2, -0.15) is 0 Å². The summed E-state index contributed by atoms with van der Waals surface area (Å²) in [5.41, 5.74) is 1.22. The van der Waals surface area contributed by atoms with Gasteiger partial charge in [0.1, 0.15) is 0 Å². The minimum Gasteiger partial charge on any atom is -0.315 e. The Kier molecular flexibility index (Phi) is 4.32. The maximum Gasteiger partial charge on any atom is 0.0897 e. The summed E-state index contributed by atoms with van der Waals surface area (Å²) in [5.74, 6) is 0. The number of hydrogen-bond acceptors (Lipinski definition) is 4. The van der Waals surface area contributed by atoms with Crippen LogP contribution in [0.4, 0.5) is 0 Å². The summed E-state index contributed by atoms with van der Waals surface area (Å²) in [4.78, 5) is 6.96. The molecular weight excluding hydrogens is 218 g/mol. The number of hydrogen-bond donors (Lipinski definition) is 1. The van der Waals surface area contributed by atoms with Crippen molar-refractivity contribution in [3.05, 3.63) is 16.1 Å². The normalized spacial score (nSPS) is 22.3. The molecule has 3 nitrogen and oxygen atoms in total. The summed E-state index contributed by atoms with van der Waals surface area (Å²) in [6.45, 7) is 5.36. The first-order valence-electron chi connectivity index (χ1n) is 6.07. The molecule has 2 heterocycles. The molecule has 0 saturated carbocycles. The van der Waals surface area contributed by atoms with E-state index in [1.807, 2.05) is 0 Å². The van der Waals surface area contributed by atoms with Crippen molar-refractivity contribution in [2.45, 2.75) is 38.8 Å². The zero-order valence-corrected chi connectivity index (χ0v) is 11.0. The number of aryl methyl sites for hydroxylation is 1. The van der Waals surface area contributed by atoms with Crippen LogP contribution in [-0.2, 0) is 6.54 Å². The van der Waals surface area contributed by atoms with Gasteiger partial charge < -0.3 is 5.32 Å². The molecule has 1 saturated heterocycles. The molecule has 1 aliphatic rings. The van der Waals surface area contributed by atoms with Gasteiger partial charge in [0.25, 0.3) is 0 Å². The monoisotopic (exact) mass is 239 g/mol. The molecule has 1 unspecified atom stereocenters. The van der Waals surface area contributed by atoms with Crippen LogP contribution in [0, 0.1) is 6.92 Å². The lowest BCUT2D eigenvalue weighted by atomic mass is 10.1. The van der Waals surface area contributed by atoms with Crippen LogP contribution in [0.2, 0.25) is 0 Å².